The number of hydrogen-bond acceptors (Lipinski definition) is 8. The molecular formula is C25H20N6O2. The first-order valence-corrected chi connectivity index (χ1v) is 10.6. The molecule has 0 spiro atoms. The van der Waals surface area contributed by atoms with Crippen LogP contribution in [0.15, 0.2) is 66.1 Å². The van der Waals surface area contributed by atoms with Gasteiger partial charge in [-0.25, -0.2) is 24.9 Å². The summed E-state index contributed by atoms with van der Waals surface area (Å²) in [5.74, 6) is 2.11. The number of benzene rings is 1. The molecule has 8 heteroatoms. The Bertz CT molecular complexity index is 1470. The minimum Gasteiger partial charge on any atom is -0.464 e. The predicted molar refractivity (Wildman–Crippen MR) is 123 cm³/mol. The van der Waals surface area contributed by atoms with Crippen molar-refractivity contribution in [3.05, 3.63) is 84.2 Å². The van der Waals surface area contributed by atoms with Crippen molar-refractivity contribution in [3.63, 3.8) is 0 Å². The molecule has 0 radical (unpaired) electrons. The lowest BCUT2D eigenvalue weighted by molar-refractivity contribution is 0.468. The van der Waals surface area contributed by atoms with Crippen LogP contribution >= 0.6 is 0 Å². The van der Waals surface area contributed by atoms with E-state index in [1.165, 1.54) is 0 Å². The van der Waals surface area contributed by atoms with Crippen molar-refractivity contribution < 1.29 is 9.15 Å². The fourth-order valence-electron chi connectivity index (χ4n) is 4.31. The van der Waals surface area contributed by atoms with Crippen LogP contribution in [0.3, 0.4) is 0 Å². The van der Waals surface area contributed by atoms with Gasteiger partial charge in [-0.2, -0.15) is 0 Å². The molecule has 0 fully saturated rings. The minimum absolute atomic E-state index is 0.518. The molecule has 0 unspecified atom stereocenters. The summed E-state index contributed by atoms with van der Waals surface area (Å²) in [7, 11) is 0. The van der Waals surface area contributed by atoms with Crippen LogP contribution in [0.25, 0.3) is 22.1 Å². The fourth-order valence-corrected chi connectivity index (χ4v) is 4.31. The van der Waals surface area contributed by atoms with E-state index in [0.717, 1.165) is 57.0 Å². The van der Waals surface area contributed by atoms with E-state index in [-0.39, 0.29) is 0 Å². The van der Waals surface area contributed by atoms with Gasteiger partial charge in [0.15, 0.2) is 0 Å². The Balaban J connectivity index is 1.36. The highest BCUT2D eigenvalue weighted by Gasteiger charge is 2.25. The molecule has 0 saturated carbocycles. The van der Waals surface area contributed by atoms with E-state index in [2.05, 4.69) is 42.8 Å². The van der Waals surface area contributed by atoms with Gasteiger partial charge in [0.25, 0.3) is 0 Å². The van der Waals surface area contributed by atoms with Gasteiger partial charge < -0.3 is 14.1 Å². The van der Waals surface area contributed by atoms with Gasteiger partial charge >= 0.3 is 0 Å². The average Bonchev–Trinajstić information content (AvgIpc) is 3.47. The first-order chi connectivity index (χ1) is 16.2. The van der Waals surface area contributed by atoms with Gasteiger partial charge in [-0.05, 0) is 49.2 Å². The molecule has 0 amide bonds. The summed E-state index contributed by atoms with van der Waals surface area (Å²) in [6.45, 7) is 5.49. The highest BCUT2D eigenvalue weighted by atomic mass is 16.5. The van der Waals surface area contributed by atoms with Crippen LogP contribution in [0.4, 0.5) is 5.82 Å². The molecule has 1 aliphatic heterocycles. The summed E-state index contributed by atoms with van der Waals surface area (Å²) >= 11 is 0. The highest BCUT2D eigenvalue weighted by Crippen LogP contribution is 2.38. The number of hydrogen-bond donors (Lipinski definition) is 0. The molecule has 0 atom stereocenters. The van der Waals surface area contributed by atoms with Crippen molar-refractivity contribution in [1.82, 2.24) is 24.9 Å². The molecule has 0 aliphatic carbocycles. The van der Waals surface area contributed by atoms with Gasteiger partial charge in [-0.1, -0.05) is 6.07 Å². The third kappa shape index (κ3) is 3.36. The lowest BCUT2D eigenvalue weighted by Gasteiger charge is -2.22. The van der Waals surface area contributed by atoms with E-state index in [0.29, 0.717) is 18.2 Å². The van der Waals surface area contributed by atoms with Crippen molar-refractivity contribution in [2.45, 2.75) is 26.9 Å². The normalized spacial score (nSPS) is 12.8. The smallest absolute Gasteiger partial charge is 0.230 e. The molecular weight excluding hydrogens is 416 g/mol. The zero-order chi connectivity index (χ0) is 22.4. The maximum atomic E-state index is 6.10. The Morgan fingerprint density at radius 2 is 1.91 bits per heavy atom. The lowest BCUT2D eigenvalue weighted by atomic mass is 9.99. The van der Waals surface area contributed by atoms with Gasteiger partial charge in [-0.3, -0.25) is 0 Å². The number of nitrogens with zero attached hydrogens (tertiary/aromatic N) is 6. The fraction of sp³-hybridized carbons (Fsp3) is 0.160. The molecule has 33 heavy (non-hydrogen) atoms. The molecule has 6 rings (SSSR count). The van der Waals surface area contributed by atoms with Gasteiger partial charge in [0.05, 0.1) is 29.6 Å². The molecule has 8 nitrogen and oxygen atoms in total. The van der Waals surface area contributed by atoms with E-state index in [9.17, 15) is 0 Å². The first kappa shape index (κ1) is 19.4. The number of fused-ring (bicyclic) bond motifs is 2. The summed E-state index contributed by atoms with van der Waals surface area (Å²) in [5, 5.41) is 0.838. The molecule has 4 aromatic heterocycles. The van der Waals surface area contributed by atoms with Gasteiger partial charge in [-0.15, -0.1) is 0 Å². The van der Waals surface area contributed by atoms with E-state index in [1.807, 2.05) is 37.4 Å². The number of furan rings is 1. The van der Waals surface area contributed by atoms with Crippen LogP contribution < -0.4 is 9.64 Å². The molecule has 0 N–H and O–H groups in total. The number of aryl methyl sites for hydroxylation is 2. The summed E-state index contributed by atoms with van der Waals surface area (Å²) in [5.41, 5.74) is 6.96. The predicted octanol–water partition coefficient (Wildman–Crippen LogP) is 5.00. The molecule has 0 bridgehead atoms. The zero-order valence-corrected chi connectivity index (χ0v) is 18.2. The van der Waals surface area contributed by atoms with E-state index >= 15 is 0 Å². The molecule has 5 aromatic rings. The minimum atomic E-state index is 0.518. The van der Waals surface area contributed by atoms with Gasteiger partial charge in [0.1, 0.15) is 29.8 Å². The number of pyridine rings is 1. The third-order valence-corrected chi connectivity index (χ3v) is 5.92. The number of aromatic nitrogens is 5. The van der Waals surface area contributed by atoms with Crippen molar-refractivity contribution in [2.75, 3.05) is 4.90 Å². The van der Waals surface area contributed by atoms with E-state index < -0.39 is 0 Å². The van der Waals surface area contributed by atoms with Crippen molar-refractivity contribution in [1.29, 1.82) is 0 Å². The molecule has 5 heterocycles. The van der Waals surface area contributed by atoms with Crippen LogP contribution in [0.1, 0.15) is 22.5 Å². The SMILES string of the molecule is Cc1cc(Oc2nccc3occc23)ccc1-c1c(C)ncnc1N1Cc2cncnc2C1. The van der Waals surface area contributed by atoms with Crippen molar-refractivity contribution in [3.8, 4) is 22.8 Å². The Morgan fingerprint density at radius 3 is 2.79 bits per heavy atom. The first-order valence-electron chi connectivity index (χ1n) is 10.6. The topological polar surface area (TPSA) is 90.1 Å². The number of rotatable bonds is 4. The summed E-state index contributed by atoms with van der Waals surface area (Å²) in [6, 6.07) is 9.69. The van der Waals surface area contributed by atoms with Crippen molar-refractivity contribution >= 4 is 16.8 Å². The second kappa shape index (κ2) is 7.67. The van der Waals surface area contributed by atoms with Crippen LogP contribution in [-0.2, 0) is 13.1 Å². The number of ether oxygens (including phenoxy) is 1. The molecule has 1 aromatic carbocycles. The summed E-state index contributed by atoms with van der Waals surface area (Å²) in [6.07, 6.45) is 8.40. The molecule has 162 valence electrons. The Kier molecular flexibility index (Phi) is 4.50. The maximum Gasteiger partial charge on any atom is 0.230 e. The quantitative estimate of drug-likeness (QED) is 0.389. The van der Waals surface area contributed by atoms with E-state index in [4.69, 9.17) is 9.15 Å². The number of anilines is 1. The van der Waals surface area contributed by atoms with Crippen LogP contribution in [-0.4, -0.2) is 24.9 Å². The molecule has 1 aliphatic rings. The van der Waals surface area contributed by atoms with Crippen LogP contribution in [0.5, 0.6) is 11.6 Å². The summed E-state index contributed by atoms with van der Waals surface area (Å²) in [4.78, 5) is 24.3. The summed E-state index contributed by atoms with van der Waals surface area (Å²) < 4.78 is 11.5. The zero-order valence-electron chi connectivity index (χ0n) is 18.2. The largest absolute Gasteiger partial charge is 0.464 e. The van der Waals surface area contributed by atoms with E-state index in [1.54, 1.807) is 25.1 Å². The van der Waals surface area contributed by atoms with Gasteiger partial charge in [0, 0.05) is 30.1 Å². The second-order valence-corrected chi connectivity index (χ2v) is 8.04. The Morgan fingerprint density at radius 1 is 0.970 bits per heavy atom. The monoisotopic (exact) mass is 436 g/mol. The third-order valence-electron chi connectivity index (χ3n) is 5.92. The van der Waals surface area contributed by atoms with Gasteiger partial charge in [0.2, 0.25) is 5.88 Å². The lowest BCUT2D eigenvalue weighted by Crippen LogP contribution is -2.18. The average molecular weight is 436 g/mol. The second-order valence-electron chi connectivity index (χ2n) is 8.04. The van der Waals surface area contributed by atoms with Crippen LogP contribution in [0.2, 0.25) is 0 Å². The standard InChI is InChI=1S/C25H20N6O2/c1-15-9-18(33-25-20-6-8-32-22(20)5-7-27-25)3-4-19(15)23-16(2)28-14-30-24(23)31-11-17-10-26-13-29-21(17)12-31/h3-10,13-14H,11-12H2,1-2H3. The Hall–Kier alpha value is -4.33. The highest BCUT2D eigenvalue weighted by molar-refractivity contribution is 5.83. The Labute approximate surface area is 190 Å². The van der Waals surface area contributed by atoms with Crippen LogP contribution in [0, 0.1) is 13.8 Å². The maximum absolute atomic E-state index is 6.10. The van der Waals surface area contributed by atoms with Crippen molar-refractivity contribution in [2.24, 2.45) is 0 Å². The molecule has 0 saturated heterocycles.